The minimum Gasteiger partial charge on any atom is -0.345 e. The van der Waals surface area contributed by atoms with Gasteiger partial charge in [-0.05, 0) is 46.7 Å². The van der Waals surface area contributed by atoms with Gasteiger partial charge in [0, 0.05) is 6.08 Å². The normalized spacial score (nSPS) is 12.8. The van der Waals surface area contributed by atoms with Crippen molar-refractivity contribution < 1.29 is 9.18 Å². The molecule has 1 atom stereocenters. The van der Waals surface area contributed by atoms with Crippen LogP contribution in [0.25, 0.3) is 6.08 Å². The van der Waals surface area contributed by atoms with E-state index in [9.17, 15) is 9.18 Å². The van der Waals surface area contributed by atoms with Crippen LogP contribution in [0.1, 0.15) is 56.3 Å². The second-order valence-electron chi connectivity index (χ2n) is 6.94. The van der Waals surface area contributed by atoms with Crippen LogP contribution < -0.4 is 5.32 Å². The molecule has 3 heteroatoms. The molecule has 0 heterocycles. The summed E-state index contributed by atoms with van der Waals surface area (Å²) in [6, 6.07) is 14.5. The molecule has 2 aromatic rings. The average Bonchev–Trinajstić information content (AvgIpc) is 2.58. The lowest BCUT2D eigenvalue weighted by molar-refractivity contribution is -0.117. The van der Waals surface area contributed by atoms with Gasteiger partial charge in [0.15, 0.2) is 0 Å². The molecule has 0 aliphatic rings. The van der Waals surface area contributed by atoms with Crippen molar-refractivity contribution in [3.63, 3.8) is 0 Å². The molecule has 2 rings (SSSR count). The van der Waals surface area contributed by atoms with E-state index in [1.54, 1.807) is 18.2 Å². The van der Waals surface area contributed by atoms with Crippen LogP contribution in [0.15, 0.2) is 54.6 Å². The molecule has 0 saturated carbocycles. The zero-order valence-electron chi connectivity index (χ0n) is 15.3. The summed E-state index contributed by atoms with van der Waals surface area (Å²) in [5.74, 6) is 0.246. The number of hydrogen-bond acceptors (Lipinski definition) is 1. The second kappa shape index (κ2) is 8.61. The Kier molecular flexibility index (Phi) is 6.51. The molecule has 0 saturated heterocycles. The first-order chi connectivity index (χ1) is 11.9. The molecule has 0 radical (unpaired) electrons. The highest BCUT2D eigenvalue weighted by atomic mass is 19.1. The van der Waals surface area contributed by atoms with Gasteiger partial charge < -0.3 is 5.32 Å². The van der Waals surface area contributed by atoms with E-state index >= 15 is 0 Å². The number of carbonyl (C=O) groups is 1. The predicted molar refractivity (Wildman–Crippen MR) is 102 cm³/mol. The maximum Gasteiger partial charge on any atom is 0.244 e. The van der Waals surface area contributed by atoms with Crippen molar-refractivity contribution in [1.82, 2.24) is 5.32 Å². The summed E-state index contributed by atoms with van der Waals surface area (Å²) in [5.41, 5.74) is 3.04. The standard InChI is InChI=1S/C22H26FNO/c1-15(2)18-9-11-19(12-10-18)22(16(3)4)24-21(25)13-8-17-6-5-7-20(23)14-17/h5-16,22H,1-4H3,(H,24,25)/b13-8+/t22-/m1/s1. The lowest BCUT2D eigenvalue weighted by atomic mass is 9.93. The molecular weight excluding hydrogens is 313 g/mol. The fraction of sp³-hybridized carbons (Fsp3) is 0.318. The van der Waals surface area contributed by atoms with E-state index in [1.165, 1.54) is 23.8 Å². The summed E-state index contributed by atoms with van der Waals surface area (Å²) in [4.78, 5) is 12.3. The molecule has 1 N–H and O–H groups in total. The maximum atomic E-state index is 13.2. The van der Waals surface area contributed by atoms with Crippen LogP contribution in [0.3, 0.4) is 0 Å². The van der Waals surface area contributed by atoms with Gasteiger partial charge in [0.05, 0.1) is 6.04 Å². The largest absolute Gasteiger partial charge is 0.345 e. The van der Waals surface area contributed by atoms with Gasteiger partial charge in [-0.2, -0.15) is 0 Å². The molecule has 2 nitrogen and oxygen atoms in total. The first-order valence-electron chi connectivity index (χ1n) is 8.71. The van der Waals surface area contributed by atoms with E-state index < -0.39 is 0 Å². The molecule has 0 bridgehead atoms. The molecule has 0 fully saturated rings. The van der Waals surface area contributed by atoms with Crippen LogP contribution in [0, 0.1) is 11.7 Å². The van der Waals surface area contributed by atoms with Crippen LogP contribution in [0.5, 0.6) is 0 Å². The minimum atomic E-state index is -0.312. The Balaban J connectivity index is 2.09. The third-order valence-corrected chi connectivity index (χ3v) is 4.20. The maximum absolute atomic E-state index is 13.2. The van der Waals surface area contributed by atoms with Gasteiger partial charge in [0.1, 0.15) is 5.82 Å². The first-order valence-corrected chi connectivity index (χ1v) is 8.71. The van der Waals surface area contributed by atoms with Gasteiger partial charge in [-0.1, -0.05) is 64.1 Å². The van der Waals surface area contributed by atoms with Crippen molar-refractivity contribution in [2.45, 2.75) is 39.7 Å². The van der Waals surface area contributed by atoms with Crippen molar-refractivity contribution in [3.8, 4) is 0 Å². The molecule has 0 aromatic heterocycles. The molecule has 0 spiro atoms. The zero-order valence-corrected chi connectivity index (χ0v) is 15.3. The molecule has 2 aromatic carbocycles. The summed E-state index contributed by atoms with van der Waals surface area (Å²) >= 11 is 0. The topological polar surface area (TPSA) is 29.1 Å². The second-order valence-corrected chi connectivity index (χ2v) is 6.94. The van der Waals surface area contributed by atoms with Crippen LogP contribution in [-0.4, -0.2) is 5.91 Å². The Labute approximate surface area is 149 Å². The monoisotopic (exact) mass is 339 g/mol. The Morgan fingerprint density at radius 2 is 1.64 bits per heavy atom. The van der Waals surface area contributed by atoms with Gasteiger partial charge >= 0.3 is 0 Å². The van der Waals surface area contributed by atoms with E-state index in [-0.39, 0.29) is 23.7 Å². The van der Waals surface area contributed by atoms with Crippen molar-refractivity contribution in [2.75, 3.05) is 0 Å². The van der Waals surface area contributed by atoms with Gasteiger partial charge in [-0.25, -0.2) is 4.39 Å². The summed E-state index contributed by atoms with van der Waals surface area (Å²) in [6.07, 6.45) is 3.07. The van der Waals surface area contributed by atoms with Crippen LogP contribution in [-0.2, 0) is 4.79 Å². The Morgan fingerprint density at radius 1 is 1.00 bits per heavy atom. The number of amides is 1. The number of benzene rings is 2. The van der Waals surface area contributed by atoms with Gasteiger partial charge in [0.2, 0.25) is 5.91 Å². The fourth-order valence-corrected chi connectivity index (χ4v) is 2.71. The Hall–Kier alpha value is -2.42. The molecule has 0 aliphatic heterocycles. The molecule has 25 heavy (non-hydrogen) atoms. The van der Waals surface area contributed by atoms with Crippen molar-refractivity contribution in [2.24, 2.45) is 5.92 Å². The molecule has 132 valence electrons. The lowest BCUT2D eigenvalue weighted by Gasteiger charge is -2.23. The van der Waals surface area contributed by atoms with Gasteiger partial charge in [-0.3, -0.25) is 4.79 Å². The minimum absolute atomic E-state index is 0.0640. The lowest BCUT2D eigenvalue weighted by Crippen LogP contribution is -2.30. The number of rotatable bonds is 6. The third-order valence-electron chi connectivity index (χ3n) is 4.20. The summed E-state index contributed by atoms with van der Waals surface area (Å²) in [6.45, 7) is 8.48. The number of carbonyl (C=O) groups excluding carboxylic acids is 1. The number of halogens is 1. The highest BCUT2D eigenvalue weighted by molar-refractivity contribution is 5.92. The molecule has 0 aliphatic carbocycles. The smallest absolute Gasteiger partial charge is 0.244 e. The zero-order chi connectivity index (χ0) is 18.4. The van der Waals surface area contributed by atoms with Gasteiger partial charge in [0.25, 0.3) is 0 Å². The van der Waals surface area contributed by atoms with E-state index in [0.717, 1.165) is 5.56 Å². The quantitative estimate of drug-likeness (QED) is 0.694. The summed E-state index contributed by atoms with van der Waals surface area (Å²) in [7, 11) is 0. The number of hydrogen-bond donors (Lipinski definition) is 1. The van der Waals surface area contributed by atoms with E-state index in [4.69, 9.17) is 0 Å². The highest BCUT2D eigenvalue weighted by Gasteiger charge is 2.17. The highest BCUT2D eigenvalue weighted by Crippen LogP contribution is 2.24. The Bertz CT molecular complexity index is 732. The Morgan fingerprint density at radius 3 is 2.20 bits per heavy atom. The summed E-state index contributed by atoms with van der Waals surface area (Å²) < 4.78 is 13.2. The van der Waals surface area contributed by atoms with Gasteiger partial charge in [-0.15, -0.1) is 0 Å². The number of nitrogens with one attached hydrogen (secondary N) is 1. The van der Waals surface area contributed by atoms with Crippen LogP contribution in [0.2, 0.25) is 0 Å². The van der Waals surface area contributed by atoms with Crippen LogP contribution >= 0.6 is 0 Å². The molecule has 0 unspecified atom stereocenters. The van der Waals surface area contributed by atoms with E-state index in [1.807, 2.05) is 0 Å². The van der Waals surface area contributed by atoms with Crippen LogP contribution in [0.4, 0.5) is 4.39 Å². The van der Waals surface area contributed by atoms with Crippen molar-refractivity contribution >= 4 is 12.0 Å². The summed E-state index contributed by atoms with van der Waals surface area (Å²) in [5, 5.41) is 3.05. The molecule has 1 amide bonds. The SMILES string of the molecule is CC(C)c1ccc([C@H](NC(=O)/C=C/c2cccc(F)c2)C(C)C)cc1. The van der Waals surface area contributed by atoms with E-state index in [2.05, 4.69) is 57.3 Å². The molecular formula is C22H26FNO. The predicted octanol–water partition coefficient (Wildman–Crippen LogP) is 5.48. The average molecular weight is 339 g/mol. The van der Waals surface area contributed by atoms with Crippen molar-refractivity contribution in [1.29, 1.82) is 0 Å². The fourth-order valence-electron chi connectivity index (χ4n) is 2.71. The van der Waals surface area contributed by atoms with Crippen molar-refractivity contribution in [3.05, 3.63) is 77.1 Å². The van der Waals surface area contributed by atoms with E-state index in [0.29, 0.717) is 11.5 Å². The third kappa shape index (κ3) is 5.56. The first kappa shape index (κ1) is 18.9.